The molecule has 0 saturated heterocycles. The highest BCUT2D eigenvalue weighted by molar-refractivity contribution is 4.97. The quantitative estimate of drug-likeness (QED) is 0.780. The largest absolute Gasteiger partial charge is 0.395 e. The summed E-state index contributed by atoms with van der Waals surface area (Å²) < 4.78 is 0. The fourth-order valence-corrected chi connectivity index (χ4v) is 3.81. The molecule has 3 nitrogen and oxygen atoms in total. The van der Waals surface area contributed by atoms with Gasteiger partial charge in [-0.1, -0.05) is 32.1 Å². The van der Waals surface area contributed by atoms with Gasteiger partial charge in [-0.05, 0) is 25.7 Å². The van der Waals surface area contributed by atoms with E-state index in [0.29, 0.717) is 12.1 Å². The van der Waals surface area contributed by atoms with Crippen molar-refractivity contribution in [3.8, 4) is 6.07 Å². The zero-order chi connectivity index (χ0) is 12.8. The van der Waals surface area contributed by atoms with Crippen molar-refractivity contribution in [3.63, 3.8) is 0 Å². The fourth-order valence-electron chi connectivity index (χ4n) is 3.81. The molecule has 0 aromatic carbocycles. The van der Waals surface area contributed by atoms with E-state index in [1.165, 1.54) is 44.9 Å². The molecule has 2 rings (SSSR count). The minimum Gasteiger partial charge on any atom is -0.395 e. The number of hydrogen-bond donors (Lipinski definition) is 1. The molecule has 2 atom stereocenters. The molecule has 2 unspecified atom stereocenters. The van der Waals surface area contributed by atoms with Gasteiger partial charge < -0.3 is 5.11 Å². The number of nitrogens with zero attached hydrogens (tertiary/aromatic N) is 2. The van der Waals surface area contributed by atoms with E-state index >= 15 is 0 Å². The monoisotopic (exact) mass is 250 g/mol. The third-order valence-electron chi connectivity index (χ3n) is 4.72. The van der Waals surface area contributed by atoms with Gasteiger partial charge in [0.25, 0.3) is 0 Å². The van der Waals surface area contributed by atoms with Crippen LogP contribution in [0.5, 0.6) is 0 Å². The Morgan fingerprint density at radius 3 is 2.33 bits per heavy atom. The van der Waals surface area contributed by atoms with E-state index in [0.717, 1.165) is 19.4 Å². The third kappa shape index (κ3) is 3.24. The summed E-state index contributed by atoms with van der Waals surface area (Å²) in [6.45, 7) is 0.985. The first-order valence-corrected chi connectivity index (χ1v) is 7.63. The number of nitriles is 1. The second-order valence-corrected chi connectivity index (χ2v) is 5.84. The summed E-state index contributed by atoms with van der Waals surface area (Å²) in [5.41, 5.74) is 0. The molecule has 0 aromatic rings. The molecule has 18 heavy (non-hydrogen) atoms. The van der Waals surface area contributed by atoms with E-state index < -0.39 is 0 Å². The van der Waals surface area contributed by atoms with Gasteiger partial charge in [-0.2, -0.15) is 5.26 Å². The summed E-state index contributed by atoms with van der Waals surface area (Å²) in [7, 11) is 0. The summed E-state index contributed by atoms with van der Waals surface area (Å²) in [5.74, 6) is 0.180. The molecular weight excluding hydrogens is 224 g/mol. The van der Waals surface area contributed by atoms with Crippen molar-refractivity contribution in [3.05, 3.63) is 0 Å². The molecule has 0 aliphatic heterocycles. The topological polar surface area (TPSA) is 47.3 Å². The SMILES string of the molecule is N#CC1CCCCCC1N(CCO)C1CCCC1. The van der Waals surface area contributed by atoms with Gasteiger partial charge in [0.2, 0.25) is 0 Å². The van der Waals surface area contributed by atoms with Crippen LogP contribution in [0.2, 0.25) is 0 Å². The predicted molar refractivity (Wildman–Crippen MR) is 72.0 cm³/mol. The van der Waals surface area contributed by atoms with Gasteiger partial charge in [0.15, 0.2) is 0 Å². The van der Waals surface area contributed by atoms with Gasteiger partial charge in [0.05, 0.1) is 18.6 Å². The standard InChI is InChI=1S/C15H26N2O/c16-12-13-6-2-1-3-9-15(13)17(10-11-18)14-7-4-5-8-14/h13-15,18H,1-11H2. The van der Waals surface area contributed by atoms with Crippen LogP contribution >= 0.6 is 0 Å². The van der Waals surface area contributed by atoms with E-state index in [1.54, 1.807) is 0 Å². The van der Waals surface area contributed by atoms with Crippen molar-refractivity contribution >= 4 is 0 Å². The molecule has 102 valence electrons. The van der Waals surface area contributed by atoms with Crippen molar-refractivity contribution in [1.29, 1.82) is 5.26 Å². The summed E-state index contributed by atoms with van der Waals surface area (Å²) in [6, 6.07) is 3.55. The first-order valence-electron chi connectivity index (χ1n) is 7.63. The molecule has 2 saturated carbocycles. The lowest BCUT2D eigenvalue weighted by atomic mass is 9.93. The molecular formula is C15H26N2O. The Morgan fingerprint density at radius 1 is 1.00 bits per heavy atom. The maximum Gasteiger partial charge on any atom is 0.0672 e. The zero-order valence-corrected chi connectivity index (χ0v) is 11.4. The van der Waals surface area contributed by atoms with Crippen LogP contribution in [0.1, 0.15) is 57.8 Å². The molecule has 0 spiro atoms. The lowest BCUT2D eigenvalue weighted by Crippen LogP contribution is -2.46. The summed E-state index contributed by atoms with van der Waals surface area (Å²) in [6.07, 6.45) is 11.1. The van der Waals surface area contributed by atoms with Crippen LogP contribution < -0.4 is 0 Å². The lowest BCUT2D eigenvalue weighted by Gasteiger charge is -2.37. The van der Waals surface area contributed by atoms with Gasteiger partial charge in [0.1, 0.15) is 0 Å². The van der Waals surface area contributed by atoms with E-state index in [4.69, 9.17) is 0 Å². The lowest BCUT2D eigenvalue weighted by molar-refractivity contribution is 0.0793. The maximum atomic E-state index is 9.41. The van der Waals surface area contributed by atoms with Gasteiger partial charge in [-0.25, -0.2) is 0 Å². The highest BCUT2D eigenvalue weighted by Gasteiger charge is 2.33. The molecule has 3 heteroatoms. The Balaban J connectivity index is 2.08. The van der Waals surface area contributed by atoms with Crippen LogP contribution in [0, 0.1) is 17.2 Å². The molecule has 1 N–H and O–H groups in total. The Morgan fingerprint density at radius 2 is 1.67 bits per heavy atom. The molecule has 0 heterocycles. The third-order valence-corrected chi connectivity index (χ3v) is 4.72. The first kappa shape index (κ1) is 13.8. The predicted octanol–water partition coefficient (Wildman–Crippen LogP) is 2.70. The fraction of sp³-hybridized carbons (Fsp3) is 0.933. The van der Waals surface area contributed by atoms with Crippen LogP contribution in [0.4, 0.5) is 0 Å². The van der Waals surface area contributed by atoms with Gasteiger partial charge >= 0.3 is 0 Å². The summed E-state index contributed by atoms with van der Waals surface area (Å²) >= 11 is 0. The molecule has 0 amide bonds. The Labute approximate surface area is 111 Å². The molecule has 2 aliphatic carbocycles. The molecule has 0 aromatic heterocycles. The van der Waals surface area contributed by atoms with Gasteiger partial charge in [-0.3, -0.25) is 4.90 Å². The average Bonchev–Trinajstić information content (AvgIpc) is 2.81. The number of aliphatic hydroxyl groups excluding tert-OH is 1. The van der Waals surface area contributed by atoms with Crippen LogP contribution in [-0.2, 0) is 0 Å². The van der Waals surface area contributed by atoms with Crippen LogP contribution in [-0.4, -0.2) is 35.2 Å². The number of hydrogen-bond acceptors (Lipinski definition) is 3. The van der Waals surface area contributed by atoms with Gasteiger partial charge in [0, 0.05) is 18.6 Å². The number of rotatable bonds is 4. The zero-order valence-electron chi connectivity index (χ0n) is 11.4. The molecule has 0 radical (unpaired) electrons. The van der Waals surface area contributed by atoms with E-state index in [2.05, 4.69) is 11.0 Å². The smallest absolute Gasteiger partial charge is 0.0672 e. The first-order chi connectivity index (χ1) is 8.86. The van der Waals surface area contributed by atoms with Crippen LogP contribution in [0.15, 0.2) is 0 Å². The Hall–Kier alpha value is -0.590. The average molecular weight is 250 g/mol. The molecule has 0 bridgehead atoms. The van der Waals surface area contributed by atoms with Crippen molar-refractivity contribution < 1.29 is 5.11 Å². The Kier molecular flexibility index (Phi) is 5.46. The maximum absolute atomic E-state index is 9.41. The second kappa shape index (κ2) is 7.11. The molecule has 2 aliphatic rings. The van der Waals surface area contributed by atoms with E-state index in [1.807, 2.05) is 0 Å². The normalized spacial score (nSPS) is 30.3. The second-order valence-electron chi connectivity index (χ2n) is 5.84. The minimum absolute atomic E-state index is 0.180. The van der Waals surface area contributed by atoms with E-state index in [-0.39, 0.29) is 12.5 Å². The van der Waals surface area contributed by atoms with Crippen LogP contribution in [0.25, 0.3) is 0 Å². The van der Waals surface area contributed by atoms with Crippen molar-refractivity contribution in [1.82, 2.24) is 4.90 Å². The molecule has 2 fully saturated rings. The van der Waals surface area contributed by atoms with Gasteiger partial charge in [-0.15, -0.1) is 0 Å². The summed E-state index contributed by atoms with van der Waals surface area (Å²) in [4.78, 5) is 2.48. The summed E-state index contributed by atoms with van der Waals surface area (Å²) in [5, 5.41) is 18.7. The van der Waals surface area contributed by atoms with Crippen molar-refractivity contribution in [2.75, 3.05) is 13.2 Å². The number of aliphatic hydroxyl groups is 1. The van der Waals surface area contributed by atoms with Crippen molar-refractivity contribution in [2.45, 2.75) is 69.9 Å². The highest BCUT2D eigenvalue weighted by atomic mass is 16.3. The highest BCUT2D eigenvalue weighted by Crippen LogP contribution is 2.32. The van der Waals surface area contributed by atoms with E-state index in [9.17, 15) is 10.4 Å². The van der Waals surface area contributed by atoms with Crippen molar-refractivity contribution in [2.24, 2.45) is 5.92 Å². The minimum atomic E-state index is 0.180. The Bertz CT molecular complexity index is 281. The van der Waals surface area contributed by atoms with Crippen LogP contribution in [0.3, 0.4) is 0 Å².